The van der Waals surface area contributed by atoms with Crippen molar-refractivity contribution in [1.82, 2.24) is 0 Å². The van der Waals surface area contributed by atoms with Gasteiger partial charge in [0.2, 0.25) is 0 Å². The van der Waals surface area contributed by atoms with Crippen LogP contribution in [0.5, 0.6) is 0 Å². The van der Waals surface area contributed by atoms with E-state index in [1.165, 1.54) is 0 Å². The van der Waals surface area contributed by atoms with E-state index in [0.717, 1.165) is 6.29 Å². The number of carbonyl (C=O) groups is 1. The average molecular weight is 206 g/mol. The first kappa shape index (κ1) is 12.9. The van der Waals surface area contributed by atoms with E-state index in [2.05, 4.69) is 0 Å². The zero-order chi connectivity index (χ0) is 10.7. The van der Waals surface area contributed by atoms with Crippen molar-refractivity contribution in [3.8, 4) is 0 Å². The van der Waals surface area contributed by atoms with Crippen LogP contribution in [0.2, 0.25) is 0 Å². The maximum Gasteiger partial charge on any atom is 0.197 e. The maximum atomic E-state index is 11.3. The zero-order valence-corrected chi connectivity index (χ0v) is 9.93. The molecule has 0 fully saturated rings. The Bertz CT molecular complexity index is 217. The largest absolute Gasteiger partial charge is 0.328 e. The van der Waals surface area contributed by atoms with Crippen LogP contribution in [0.25, 0.3) is 0 Å². The molecule has 0 N–H and O–H groups in total. The highest BCUT2D eigenvalue weighted by Crippen LogP contribution is 2.40. The van der Waals surface area contributed by atoms with Crippen LogP contribution in [0, 0.1) is 11.3 Å². The molecule has 1 atom stereocenters. The summed E-state index contributed by atoms with van der Waals surface area (Å²) in [5, 5.41) is 0. The van der Waals surface area contributed by atoms with E-state index in [4.69, 9.17) is 4.52 Å². The SMILES string of the molecule is C[C@@H](C=O)C(C)(C)COP(C)(C)=O. The molecular weight excluding hydrogens is 187 g/mol. The van der Waals surface area contributed by atoms with E-state index in [-0.39, 0.29) is 11.3 Å². The van der Waals surface area contributed by atoms with Gasteiger partial charge in [0.15, 0.2) is 7.37 Å². The van der Waals surface area contributed by atoms with Gasteiger partial charge in [-0.05, 0) is 5.41 Å². The molecule has 3 nitrogen and oxygen atoms in total. The third kappa shape index (κ3) is 5.22. The fraction of sp³-hybridized carbons (Fsp3) is 0.889. The molecule has 0 aliphatic heterocycles. The van der Waals surface area contributed by atoms with Crippen LogP contribution < -0.4 is 0 Å². The molecule has 0 saturated carbocycles. The van der Waals surface area contributed by atoms with Crippen LogP contribution in [-0.4, -0.2) is 26.2 Å². The topological polar surface area (TPSA) is 43.4 Å². The summed E-state index contributed by atoms with van der Waals surface area (Å²) < 4.78 is 16.5. The minimum Gasteiger partial charge on any atom is -0.328 e. The van der Waals surface area contributed by atoms with Crippen LogP contribution in [0.4, 0.5) is 0 Å². The minimum atomic E-state index is -2.43. The van der Waals surface area contributed by atoms with Gasteiger partial charge in [-0.15, -0.1) is 0 Å². The molecular formula is C9H19O3P. The summed E-state index contributed by atoms with van der Waals surface area (Å²) in [6.07, 6.45) is 0.902. The van der Waals surface area contributed by atoms with Gasteiger partial charge >= 0.3 is 0 Å². The third-order valence-corrected chi connectivity index (χ3v) is 2.94. The predicted octanol–water partition coefficient (Wildman–Crippen LogP) is 2.40. The van der Waals surface area contributed by atoms with Crippen LogP contribution in [0.1, 0.15) is 20.8 Å². The Hall–Kier alpha value is -0.140. The summed E-state index contributed by atoms with van der Waals surface area (Å²) in [5.41, 5.74) is -0.247. The predicted molar refractivity (Wildman–Crippen MR) is 54.4 cm³/mol. The Morgan fingerprint density at radius 3 is 2.23 bits per heavy atom. The highest BCUT2D eigenvalue weighted by Gasteiger charge is 2.27. The molecule has 0 aliphatic carbocycles. The quantitative estimate of drug-likeness (QED) is 0.512. The van der Waals surface area contributed by atoms with Gasteiger partial charge in [0.25, 0.3) is 0 Å². The lowest BCUT2D eigenvalue weighted by atomic mass is 9.82. The van der Waals surface area contributed by atoms with Crippen LogP contribution in [0.15, 0.2) is 0 Å². The summed E-state index contributed by atoms with van der Waals surface area (Å²) in [4.78, 5) is 10.6. The lowest BCUT2D eigenvalue weighted by Gasteiger charge is -2.28. The molecule has 0 bridgehead atoms. The monoisotopic (exact) mass is 206 g/mol. The standard InChI is InChI=1S/C9H19O3P/c1-8(6-10)9(2,3)7-12-13(4,5)11/h6,8H,7H2,1-5H3/t8-/m0/s1. The highest BCUT2D eigenvalue weighted by molar-refractivity contribution is 7.57. The van der Waals surface area contributed by atoms with Gasteiger partial charge in [0.05, 0.1) is 6.61 Å². The van der Waals surface area contributed by atoms with Crippen molar-refractivity contribution >= 4 is 13.7 Å². The molecule has 0 aromatic carbocycles. The molecule has 0 aromatic heterocycles. The van der Waals surface area contributed by atoms with E-state index in [9.17, 15) is 9.36 Å². The van der Waals surface area contributed by atoms with E-state index < -0.39 is 7.37 Å². The zero-order valence-electron chi connectivity index (χ0n) is 9.03. The third-order valence-electron chi connectivity index (χ3n) is 2.18. The molecule has 78 valence electrons. The highest BCUT2D eigenvalue weighted by atomic mass is 31.2. The molecule has 0 unspecified atom stereocenters. The Morgan fingerprint density at radius 1 is 1.46 bits per heavy atom. The van der Waals surface area contributed by atoms with Gasteiger partial charge in [-0.25, -0.2) is 0 Å². The fourth-order valence-electron chi connectivity index (χ4n) is 0.637. The summed E-state index contributed by atoms with van der Waals surface area (Å²) in [6, 6.07) is 0. The Balaban J connectivity index is 4.18. The molecule has 0 spiro atoms. The van der Waals surface area contributed by atoms with Gasteiger partial charge in [-0.1, -0.05) is 20.8 Å². The molecule has 0 saturated heterocycles. The van der Waals surface area contributed by atoms with Crippen LogP contribution >= 0.6 is 7.37 Å². The molecule has 0 heterocycles. The Labute approximate surface area is 80.3 Å². The van der Waals surface area contributed by atoms with Gasteiger partial charge in [-0.2, -0.15) is 0 Å². The normalized spacial score (nSPS) is 15.5. The van der Waals surface area contributed by atoms with Gasteiger partial charge in [0.1, 0.15) is 6.29 Å². The summed E-state index contributed by atoms with van der Waals surface area (Å²) >= 11 is 0. The number of aldehydes is 1. The van der Waals surface area contributed by atoms with Crippen LogP contribution in [-0.2, 0) is 13.9 Å². The van der Waals surface area contributed by atoms with Gasteiger partial charge in [0, 0.05) is 19.2 Å². The van der Waals surface area contributed by atoms with Crippen molar-refractivity contribution in [1.29, 1.82) is 0 Å². The van der Waals surface area contributed by atoms with Crippen molar-refractivity contribution in [3.05, 3.63) is 0 Å². The average Bonchev–Trinajstić information content (AvgIpc) is 1.98. The number of carbonyl (C=O) groups excluding carboxylic acids is 1. The second kappa shape index (κ2) is 4.39. The molecule has 13 heavy (non-hydrogen) atoms. The van der Waals surface area contributed by atoms with Crippen molar-refractivity contribution in [2.75, 3.05) is 19.9 Å². The summed E-state index contributed by atoms with van der Waals surface area (Å²) in [7, 11) is -2.43. The fourth-order valence-corrected chi connectivity index (χ4v) is 1.28. The molecule has 0 aromatic rings. The second-order valence-corrected chi connectivity index (χ2v) is 7.20. The smallest absolute Gasteiger partial charge is 0.197 e. The number of hydrogen-bond donors (Lipinski definition) is 0. The van der Waals surface area contributed by atoms with Crippen LogP contribution in [0.3, 0.4) is 0 Å². The van der Waals surface area contributed by atoms with Crippen molar-refractivity contribution in [2.45, 2.75) is 20.8 Å². The van der Waals surface area contributed by atoms with Crippen molar-refractivity contribution in [2.24, 2.45) is 11.3 Å². The summed E-state index contributed by atoms with van der Waals surface area (Å²) in [5.74, 6) is -0.0842. The second-order valence-electron chi connectivity index (χ2n) is 4.44. The van der Waals surface area contributed by atoms with Gasteiger partial charge in [-0.3, -0.25) is 4.57 Å². The van der Waals surface area contributed by atoms with E-state index in [1.54, 1.807) is 13.3 Å². The van der Waals surface area contributed by atoms with Crippen molar-refractivity contribution in [3.63, 3.8) is 0 Å². The lowest BCUT2D eigenvalue weighted by molar-refractivity contribution is -0.114. The maximum absolute atomic E-state index is 11.3. The Morgan fingerprint density at radius 2 is 1.92 bits per heavy atom. The Kier molecular flexibility index (Phi) is 4.34. The first-order chi connectivity index (χ1) is 5.69. The lowest BCUT2D eigenvalue weighted by Crippen LogP contribution is -2.27. The first-order valence-electron chi connectivity index (χ1n) is 4.34. The van der Waals surface area contributed by atoms with Gasteiger partial charge < -0.3 is 9.32 Å². The van der Waals surface area contributed by atoms with E-state index in [0.29, 0.717) is 6.61 Å². The van der Waals surface area contributed by atoms with E-state index in [1.807, 2.05) is 20.8 Å². The van der Waals surface area contributed by atoms with Crippen molar-refractivity contribution < 1.29 is 13.9 Å². The molecule has 0 aliphatic rings. The first-order valence-corrected chi connectivity index (χ1v) is 6.86. The number of hydrogen-bond acceptors (Lipinski definition) is 3. The summed E-state index contributed by atoms with van der Waals surface area (Å²) in [6.45, 7) is 9.22. The molecule has 0 radical (unpaired) electrons. The molecule has 0 amide bonds. The molecule has 4 heteroatoms. The van der Waals surface area contributed by atoms with E-state index >= 15 is 0 Å². The number of rotatable bonds is 5. The minimum absolute atomic E-state index is 0.0842. The molecule has 0 rings (SSSR count).